The summed E-state index contributed by atoms with van der Waals surface area (Å²) in [5.41, 5.74) is 1.03. The summed E-state index contributed by atoms with van der Waals surface area (Å²) in [4.78, 5) is 14.8. The topological polar surface area (TPSA) is 40.5 Å². The van der Waals surface area contributed by atoms with Crippen LogP contribution in [0.1, 0.15) is 29.3 Å². The van der Waals surface area contributed by atoms with E-state index in [0.717, 1.165) is 31.0 Å². The molecule has 0 bridgehead atoms. The third-order valence-electron chi connectivity index (χ3n) is 3.49. The average molecular weight is 237 g/mol. The number of carbonyl (C=O) groups is 1. The molecule has 1 atom stereocenters. The molecule has 1 fully saturated rings. The number of thiophene rings is 1. The van der Waals surface area contributed by atoms with Crippen LogP contribution in [0.2, 0.25) is 0 Å². The quantitative estimate of drug-likeness (QED) is 0.875. The van der Waals surface area contributed by atoms with Gasteiger partial charge in [0.15, 0.2) is 0 Å². The molecule has 0 aromatic carbocycles. The maximum atomic E-state index is 11.4. The zero-order chi connectivity index (χ0) is 11.1. The number of aliphatic carboxylic acids is 1. The van der Waals surface area contributed by atoms with E-state index in [1.165, 1.54) is 17.7 Å². The molecule has 1 aliphatic heterocycles. The van der Waals surface area contributed by atoms with E-state index < -0.39 is 12.0 Å². The number of hydrogen-bond acceptors (Lipinski definition) is 3. The number of carboxylic acid groups (broad SMARTS) is 1. The predicted molar refractivity (Wildman–Crippen MR) is 62.7 cm³/mol. The van der Waals surface area contributed by atoms with Crippen molar-refractivity contribution in [1.29, 1.82) is 0 Å². The SMILES string of the molecule is O=C(O)C1c2ccsc2CCN1CC1CC1. The Hall–Kier alpha value is -0.870. The Morgan fingerprint density at radius 2 is 2.38 bits per heavy atom. The van der Waals surface area contributed by atoms with Gasteiger partial charge in [-0.05, 0) is 42.2 Å². The Morgan fingerprint density at radius 3 is 3.06 bits per heavy atom. The van der Waals surface area contributed by atoms with Crippen molar-refractivity contribution in [3.05, 3.63) is 21.9 Å². The standard InChI is InChI=1S/C12H15NO2S/c14-12(15)11-9-4-6-16-10(9)3-5-13(11)7-8-1-2-8/h4,6,8,11H,1-3,5,7H2,(H,14,15). The second kappa shape index (κ2) is 3.86. The third-order valence-corrected chi connectivity index (χ3v) is 4.49. The highest BCUT2D eigenvalue weighted by Crippen LogP contribution is 2.37. The lowest BCUT2D eigenvalue weighted by molar-refractivity contribution is -0.144. The molecule has 3 nitrogen and oxygen atoms in total. The molecule has 1 unspecified atom stereocenters. The van der Waals surface area contributed by atoms with Crippen molar-refractivity contribution in [2.45, 2.75) is 25.3 Å². The van der Waals surface area contributed by atoms with Crippen LogP contribution in [0.4, 0.5) is 0 Å². The van der Waals surface area contributed by atoms with Crippen LogP contribution in [0.25, 0.3) is 0 Å². The van der Waals surface area contributed by atoms with Crippen LogP contribution >= 0.6 is 11.3 Å². The van der Waals surface area contributed by atoms with Gasteiger partial charge in [-0.15, -0.1) is 11.3 Å². The Labute approximate surface area is 98.7 Å². The summed E-state index contributed by atoms with van der Waals surface area (Å²) in [6.07, 6.45) is 3.57. The summed E-state index contributed by atoms with van der Waals surface area (Å²) in [6, 6.07) is 1.59. The lowest BCUT2D eigenvalue weighted by Gasteiger charge is -2.33. The number of hydrogen-bond donors (Lipinski definition) is 1. The molecular formula is C12H15NO2S. The molecule has 1 aromatic rings. The maximum absolute atomic E-state index is 11.4. The molecule has 0 amide bonds. The first-order chi connectivity index (χ1) is 7.75. The summed E-state index contributed by atoms with van der Waals surface area (Å²) < 4.78 is 0. The Morgan fingerprint density at radius 1 is 1.56 bits per heavy atom. The molecule has 3 rings (SSSR count). The normalized spacial score (nSPS) is 25.4. The molecule has 1 N–H and O–H groups in total. The van der Waals surface area contributed by atoms with Crippen LogP contribution in [-0.4, -0.2) is 29.1 Å². The van der Waals surface area contributed by atoms with Gasteiger partial charge in [0, 0.05) is 18.0 Å². The Kier molecular flexibility index (Phi) is 2.48. The fraction of sp³-hybridized carbons (Fsp3) is 0.583. The average Bonchev–Trinajstić information content (AvgIpc) is 2.93. The number of fused-ring (bicyclic) bond motifs is 1. The van der Waals surface area contributed by atoms with Gasteiger partial charge in [0.1, 0.15) is 6.04 Å². The predicted octanol–water partition coefficient (Wildman–Crippen LogP) is 2.14. The minimum Gasteiger partial charge on any atom is -0.480 e. The third kappa shape index (κ3) is 1.76. The van der Waals surface area contributed by atoms with Gasteiger partial charge in [-0.2, -0.15) is 0 Å². The van der Waals surface area contributed by atoms with E-state index in [-0.39, 0.29) is 0 Å². The van der Waals surface area contributed by atoms with Crippen LogP contribution in [0.5, 0.6) is 0 Å². The van der Waals surface area contributed by atoms with Crippen molar-refractivity contribution in [3.63, 3.8) is 0 Å². The van der Waals surface area contributed by atoms with Gasteiger partial charge in [0.2, 0.25) is 0 Å². The first kappa shape index (κ1) is 10.3. The monoisotopic (exact) mass is 237 g/mol. The summed E-state index contributed by atoms with van der Waals surface area (Å²) in [5, 5.41) is 11.4. The fourth-order valence-corrected chi connectivity index (χ4v) is 3.39. The lowest BCUT2D eigenvalue weighted by atomic mass is 10.00. The largest absolute Gasteiger partial charge is 0.480 e. The van der Waals surface area contributed by atoms with E-state index in [1.807, 2.05) is 11.4 Å². The van der Waals surface area contributed by atoms with E-state index in [4.69, 9.17) is 0 Å². The first-order valence-corrected chi connectivity index (χ1v) is 6.67. The fourth-order valence-electron chi connectivity index (χ4n) is 2.49. The summed E-state index contributed by atoms with van der Waals surface area (Å²) in [6.45, 7) is 1.87. The zero-order valence-corrected chi connectivity index (χ0v) is 9.87. The second-order valence-corrected chi connectivity index (χ2v) is 5.73. The van der Waals surface area contributed by atoms with Crippen LogP contribution in [-0.2, 0) is 11.2 Å². The number of rotatable bonds is 3. The highest BCUT2D eigenvalue weighted by Gasteiger charge is 2.36. The maximum Gasteiger partial charge on any atom is 0.325 e. The summed E-state index contributed by atoms with van der Waals surface area (Å²) >= 11 is 1.69. The minimum absolute atomic E-state index is 0.393. The smallest absolute Gasteiger partial charge is 0.325 e. The molecule has 0 radical (unpaired) electrons. The van der Waals surface area contributed by atoms with E-state index >= 15 is 0 Å². The van der Waals surface area contributed by atoms with Gasteiger partial charge in [-0.3, -0.25) is 9.69 Å². The molecule has 0 spiro atoms. The molecule has 2 heterocycles. The van der Waals surface area contributed by atoms with E-state index in [1.54, 1.807) is 11.3 Å². The van der Waals surface area contributed by atoms with Gasteiger partial charge in [0.05, 0.1) is 0 Å². The van der Waals surface area contributed by atoms with Crippen LogP contribution in [0.15, 0.2) is 11.4 Å². The Balaban J connectivity index is 1.87. The second-order valence-electron chi connectivity index (χ2n) is 4.73. The van der Waals surface area contributed by atoms with Crippen molar-refractivity contribution >= 4 is 17.3 Å². The zero-order valence-electron chi connectivity index (χ0n) is 9.06. The van der Waals surface area contributed by atoms with Crippen LogP contribution < -0.4 is 0 Å². The minimum atomic E-state index is -0.694. The number of carboxylic acids is 1. The number of nitrogens with zero attached hydrogens (tertiary/aromatic N) is 1. The van der Waals surface area contributed by atoms with E-state index in [0.29, 0.717) is 0 Å². The van der Waals surface area contributed by atoms with E-state index in [9.17, 15) is 9.90 Å². The lowest BCUT2D eigenvalue weighted by Crippen LogP contribution is -2.40. The molecule has 1 aromatic heterocycles. The molecule has 4 heteroatoms. The highest BCUT2D eigenvalue weighted by molar-refractivity contribution is 7.10. The van der Waals surface area contributed by atoms with Gasteiger partial charge >= 0.3 is 5.97 Å². The molecule has 1 saturated carbocycles. The van der Waals surface area contributed by atoms with Crippen molar-refractivity contribution in [2.75, 3.05) is 13.1 Å². The van der Waals surface area contributed by atoms with Crippen LogP contribution in [0.3, 0.4) is 0 Å². The van der Waals surface area contributed by atoms with Crippen LogP contribution in [0, 0.1) is 5.92 Å². The molecule has 0 saturated heterocycles. The van der Waals surface area contributed by atoms with Gasteiger partial charge < -0.3 is 5.11 Å². The van der Waals surface area contributed by atoms with Gasteiger partial charge in [-0.25, -0.2) is 0 Å². The molecule has 1 aliphatic carbocycles. The summed E-state index contributed by atoms with van der Waals surface area (Å²) in [7, 11) is 0. The van der Waals surface area contributed by atoms with Crippen molar-refractivity contribution in [2.24, 2.45) is 5.92 Å². The molecule has 2 aliphatic rings. The summed E-state index contributed by atoms with van der Waals surface area (Å²) in [5.74, 6) is 0.0574. The van der Waals surface area contributed by atoms with Gasteiger partial charge in [0.25, 0.3) is 0 Å². The van der Waals surface area contributed by atoms with Gasteiger partial charge in [-0.1, -0.05) is 0 Å². The Bertz CT molecular complexity index is 411. The van der Waals surface area contributed by atoms with Crippen molar-refractivity contribution in [1.82, 2.24) is 4.90 Å². The van der Waals surface area contributed by atoms with E-state index in [2.05, 4.69) is 4.90 Å². The molecular weight excluding hydrogens is 222 g/mol. The van der Waals surface area contributed by atoms with Crippen molar-refractivity contribution < 1.29 is 9.90 Å². The first-order valence-electron chi connectivity index (χ1n) is 5.79. The van der Waals surface area contributed by atoms with Crippen molar-refractivity contribution in [3.8, 4) is 0 Å². The highest BCUT2D eigenvalue weighted by atomic mass is 32.1. The molecule has 16 heavy (non-hydrogen) atoms. The molecule has 86 valence electrons.